The molecule has 1 unspecified atom stereocenters. The summed E-state index contributed by atoms with van der Waals surface area (Å²) in [6, 6.07) is 17.5. The smallest absolute Gasteiger partial charge is 0.318 e. The lowest BCUT2D eigenvalue weighted by Crippen LogP contribution is -2.55. The number of fused-ring (bicyclic) bond motifs is 2. The number of carbonyl (C=O) groups is 1. The average Bonchev–Trinajstić information content (AvgIpc) is 3.55. The molecule has 2 saturated heterocycles. The Morgan fingerprint density at radius 1 is 1.10 bits per heavy atom. The maximum Gasteiger partial charge on any atom is 0.318 e. The molecule has 0 aliphatic carbocycles. The van der Waals surface area contributed by atoms with E-state index in [4.69, 9.17) is 14.7 Å². The highest BCUT2D eigenvalue weighted by Crippen LogP contribution is 2.39. The van der Waals surface area contributed by atoms with Crippen molar-refractivity contribution in [3.8, 4) is 12.1 Å². The summed E-state index contributed by atoms with van der Waals surface area (Å²) >= 11 is 0. The number of aliphatic hydroxyl groups is 1. The number of aromatic nitrogens is 2. The molecule has 0 radical (unpaired) electrons. The molecule has 0 bridgehead atoms. The first-order valence-corrected chi connectivity index (χ1v) is 21.2. The summed E-state index contributed by atoms with van der Waals surface area (Å²) in [7, 11) is -1.93. The number of β-amino-alcohol motifs (C(OH)–C–C–N with tert-alkyl or cyclic N) is 1. The van der Waals surface area contributed by atoms with E-state index in [2.05, 4.69) is 104 Å². The number of hydrogen-bond donors (Lipinski definition) is 1. The number of piperazine rings is 1. The number of likely N-dealkylation sites (tertiary alicyclic amines) is 1. The molecule has 0 saturated carbocycles. The third-order valence-electron chi connectivity index (χ3n) is 11.8. The normalized spacial score (nSPS) is 20.8. The second kappa shape index (κ2) is 14.7. The van der Waals surface area contributed by atoms with E-state index in [1.807, 2.05) is 0 Å². The van der Waals surface area contributed by atoms with Crippen molar-refractivity contribution in [2.24, 2.45) is 0 Å². The van der Waals surface area contributed by atoms with Gasteiger partial charge >= 0.3 is 6.01 Å². The minimum atomic E-state index is -1.93. The monoisotopic (exact) mass is 695 g/mol. The van der Waals surface area contributed by atoms with Crippen molar-refractivity contribution < 1.29 is 14.6 Å². The first-order chi connectivity index (χ1) is 23.9. The minimum Gasteiger partial charge on any atom is -0.462 e. The van der Waals surface area contributed by atoms with Crippen LogP contribution in [-0.4, -0.2) is 103 Å². The van der Waals surface area contributed by atoms with Crippen molar-refractivity contribution in [3.63, 3.8) is 0 Å². The molecular weight excluding hydrogens is 643 g/mol. The summed E-state index contributed by atoms with van der Waals surface area (Å²) in [5.41, 5.74) is 2.90. The van der Waals surface area contributed by atoms with Crippen molar-refractivity contribution >= 4 is 36.3 Å². The molecule has 3 aromatic rings. The number of hydrogen-bond acceptors (Lipinski definition) is 9. The molecule has 1 aromatic heterocycles. The van der Waals surface area contributed by atoms with E-state index in [-0.39, 0.29) is 35.2 Å². The van der Waals surface area contributed by atoms with Crippen LogP contribution in [0.3, 0.4) is 0 Å². The fraction of sp³-hybridized carbons (Fsp3) is 0.538. The van der Waals surface area contributed by atoms with Crippen LogP contribution in [0, 0.1) is 11.3 Å². The lowest BCUT2D eigenvalue weighted by molar-refractivity contribution is -0.128. The second-order valence-electron chi connectivity index (χ2n) is 15.7. The number of nitriles is 1. The van der Waals surface area contributed by atoms with Crippen LogP contribution in [0.5, 0.6) is 6.01 Å². The highest BCUT2D eigenvalue weighted by atomic mass is 28.3. The molecule has 266 valence electrons. The van der Waals surface area contributed by atoms with Gasteiger partial charge in [0.1, 0.15) is 12.4 Å². The van der Waals surface area contributed by atoms with E-state index < -0.39 is 8.07 Å². The van der Waals surface area contributed by atoms with Crippen LogP contribution in [0.15, 0.2) is 55.1 Å². The SMILES string of the molecule is C=CC(=O)N1CCN(c2nc(OC[C@H]3CCCN3CC(O)[Si](C)(C)C(C)(C)C)nc3c2CCN(c2cccc4ccccc24)C3)C[C@@H]1CC#N. The first kappa shape index (κ1) is 35.8. The van der Waals surface area contributed by atoms with Crippen LogP contribution in [0.2, 0.25) is 18.1 Å². The Hall–Kier alpha value is -3.98. The van der Waals surface area contributed by atoms with Gasteiger partial charge in [-0.25, -0.2) is 0 Å². The van der Waals surface area contributed by atoms with Crippen LogP contribution in [0.4, 0.5) is 11.5 Å². The van der Waals surface area contributed by atoms with Crippen LogP contribution in [0.1, 0.15) is 51.3 Å². The van der Waals surface area contributed by atoms with Gasteiger partial charge < -0.3 is 24.5 Å². The summed E-state index contributed by atoms with van der Waals surface area (Å²) in [6.45, 7) is 20.1. The summed E-state index contributed by atoms with van der Waals surface area (Å²) in [5.74, 6) is 0.692. The van der Waals surface area contributed by atoms with Gasteiger partial charge in [-0.1, -0.05) is 76.8 Å². The highest BCUT2D eigenvalue weighted by molar-refractivity contribution is 6.81. The average molecular weight is 696 g/mol. The zero-order chi connectivity index (χ0) is 35.6. The first-order valence-electron chi connectivity index (χ1n) is 18.1. The van der Waals surface area contributed by atoms with Crippen molar-refractivity contribution in [2.75, 3.05) is 55.7 Å². The topological polar surface area (TPSA) is 109 Å². The second-order valence-corrected chi connectivity index (χ2v) is 21.3. The van der Waals surface area contributed by atoms with Crippen LogP contribution in [-0.2, 0) is 17.8 Å². The van der Waals surface area contributed by atoms with Gasteiger partial charge in [0.05, 0.1) is 44.6 Å². The van der Waals surface area contributed by atoms with Crippen molar-refractivity contribution in [1.29, 1.82) is 5.26 Å². The van der Waals surface area contributed by atoms with Gasteiger partial charge in [-0.05, 0) is 48.4 Å². The van der Waals surface area contributed by atoms with Gasteiger partial charge in [0.25, 0.3) is 0 Å². The number of rotatable bonds is 10. The summed E-state index contributed by atoms with van der Waals surface area (Å²) in [5, 5.41) is 23.5. The summed E-state index contributed by atoms with van der Waals surface area (Å²) in [6.07, 6.45) is 4.41. The van der Waals surface area contributed by atoms with Gasteiger partial charge in [-0.2, -0.15) is 15.2 Å². The Balaban J connectivity index is 1.28. The van der Waals surface area contributed by atoms with E-state index in [0.717, 1.165) is 49.4 Å². The molecule has 0 spiro atoms. The van der Waals surface area contributed by atoms with Gasteiger partial charge in [0.2, 0.25) is 5.91 Å². The molecule has 11 heteroatoms. The van der Waals surface area contributed by atoms with Crippen LogP contribution in [0.25, 0.3) is 10.8 Å². The number of carbonyl (C=O) groups excluding carboxylic acids is 1. The third kappa shape index (κ3) is 7.25. The number of benzene rings is 2. The Bertz CT molecular complexity index is 1750. The molecule has 2 aromatic carbocycles. The Labute approximate surface area is 298 Å². The van der Waals surface area contributed by atoms with E-state index in [9.17, 15) is 15.2 Å². The van der Waals surface area contributed by atoms with E-state index in [0.29, 0.717) is 45.3 Å². The number of nitrogens with zero attached hydrogens (tertiary/aromatic N) is 7. The van der Waals surface area contributed by atoms with E-state index in [1.165, 1.54) is 22.5 Å². The van der Waals surface area contributed by atoms with Crippen molar-refractivity contribution in [3.05, 3.63) is 66.4 Å². The predicted molar refractivity (Wildman–Crippen MR) is 202 cm³/mol. The largest absolute Gasteiger partial charge is 0.462 e. The maximum atomic E-state index is 12.7. The summed E-state index contributed by atoms with van der Waals surface area (Å²) in [4.78, 5) is 31.6. The molecule has 1 N–H and O–H groups in total. The van der Waals surface area contributed by atoms with Crippen molar-refractivity contribution in [1.82, 2.24) is 19.8 Å². The van der Waals surface area contributed by atoms with Crippen LogP contribution >= 0.6 is 0 Å². The Kier molecular flexibility index (Phi) is 10.5. The van der Waals surface area contributed by atoms with E-state index in [1.54, 1.807) is 4.90 Å². The lowest BCUT2D eigenvalue weighted by Gasteiger charge is -2.42. The van der Waals surface area contributed by atoms with Gasteiger partial charge in [0.15, 0.2) is 0 Å². The zero-order valence-corrected chi connectivity index (χ0v) is 31.4. The molecule has 2 fully saturated rings. The molecule has 3 aliphatic rings. The summed E-state index contributed by atoms with van der Waals surface area (Å²) < 4.78 is 6.50. The standard InChI is InChI=1S/C39H53N7O3Si/c1-7-35(47)46-23-22-45(24-29(46)17-19-40)37-32-18-21-44(34-16-10-13-28-12-8-9-15-31(28)34)25-33(32)41-38(42-37)49-27-30-14-11-20-43(30)26-36(48)50(5,6)39(2,3)4/h7-10,12-13,15-16,29-30,36,48H,1,11,14,17-18,20-27H2,2-6H3/t29-,30+,36?/m0/s1. The molecule has 3 aliphatic heterocycles. The molecule has 4 heterocycles. The van der Waals surface area contributed by atoms with Gasteiger partial charge in [-0.3, -0.25) is 9.69 Å². The highest BCUT2D eigenvalue weighted by Gasteiger charge is 2.43. The number of ether oxygens (including phenoxy) is 1. The minimum absolute atomic E-state index is 0.0993. The zero-order valence-electron chi connectivity index (χ0n) is 30.4. The quantitative estimate of drug-likeness (QED) is 0.215. The molecule has 6 rings (SSSR count). The van der Waals surface area contributed by atoms with Gasteiger partial charge in [0, 0.05) is 55.4 Å². The van der Waals surface area contributed by atoms with Crippen LogP contribution < -0.4 is 14.5 Å². The maximum absolute atomic E-state index is 12.7. The van der Waals surface area contributed by atoms with Crippen molar-refractivity contribution in [2.45, 2.75) is 88.9 Å². The predicted octanol–water partition coefficient (Wildman–Crippen LogP) is 5.56. The number of anilines is 2. The molecule has 10 nitrogen and oxygen atoms in total. The van der Waals surface area contributed by atoms with E-state index >= 15 is 0 Å². The number of aliphatic hydroxyl groups excluding tert-OH is 1. The molecule has 1 amide bonds. The fourth-order valence-electron chi connectivity index (χ4n) is 7.58. The lowest BCUT2D eigenvalue weighted by atomic mass is 10.0. The van der Waals surface area contributed by atoms with Gasteiger partial charge in [-0.15, -0.1) is 0 Å². The number of amides is 1. The Morgan fingerprint density at radius 3 is 2.64 bits per heavy atom. The Morgan fingerprint density at radius 2 is 1.88 bits per heavy atom. The third-order valence-corrected chi connectivity index (χ3v) is 17.5. The molecule has 50 heavy (non-hydrogen) atoms. The fourth-order valence-corrected chi connectivity index (χ4v) is 9.28. The molecule has 3 atom stereocenters. The molecular formula is C39H53N7O3Si.